The number of likely N-dealkylation sites (tertiary alicyclic amines) is 2. The Hall–Kier alpha value is -4.89. The van der Waals surface area contributed by atoms with Crippen LogP contribution >= 0.6 is 11.3 Å². The fraction of sp³-hybridized carbons (Fsp3) is 0.548. The van der Waals surface area contributed by atoms with Gasteiger partial charge in [0.2, 0.25) is 0 Å². The molecule has 14 nitrogen and oxygen atoms in total. The molecule has 2 bridgehead atoms. The summed E-state index contributed by atoms with van der Waals surface area (Å²) in [6.45, 7) is 13.9. The number of thiophene rings is 1. The van der Waals surface area contributed by atoms with Crippen LogP contribution in [0.5, 0.6) is 6.01 Å². The molecule has 2 unspecified atom stereocenters. The molecule has 1 N–H and O–H groups in total. The molecule has 4 aliphatic heterocycles. The number of halogens is 2. The summed E-state index contributed by atoms with van der Waals surface area (Å²) in [6.07, 6.45) is 1.41. The highest BCUT2D eigenvalue weighted by atomic mass is 32.1. The largest absolute Gasteiger partial charge is 0.462 e. The van der Waals surface area contributed by atoms with E-state index in [1.54, 1.807) is 32.8 Å². The number of carbonyl (C=O) groups excluding carboxylic acids is 2. The molecule has 3 fully saturated rings. The second kappa shape index (κ2) is 15.6. The smallest absolute Gasteiger partial charge is 0.412 e. The number of benzene rings is 2. The van der Waals surface area contributed by atoms with Gasteiger partial charge in [-0.25, -0.2) is 18.4 Å². The van der Waals surface area contributed by atoms with Crippen molar-refractivity contribution in [3.05, 3.63) is 40.5 Å². The van der Waals surface area contributed by atoms with Crippen LogP contribution in [0.25, 0.3) is 32.1 Å². The van der Waals surface area contributed by atoms with E-state index in [0.717, 1.165) is 43.7 Å². The van der Waals surface area contributed by atoms with Gasteiger partial charge in [-0.2, -0.15) is 15.2 Å². The van der Waals surface area contributed by atoms with E-state index in [9.17, 15) is 14.9 Å². The zero-order valence-electron chi connectivity index (χ0n) is 34.4. The Balaban J connectivity index is 1.26. The van der Waals surface area contributed by atoms with Gasteiger partial charge in [0.1, 0.15) is 46.0 Å². The molecule has 314 valence electrons. The van der Waals surface area contributed by atoms with E-state index in [4.69, 9.17) is 33.7 Å². The van der Waals surface area contributed by atoms with Crippen LogP contribution in [0, 0.1) is 23.0 Å². The van der Waals surface area contributed by atoms with Crippen LogP contribution in [0.1, 0.15) is 77.5 Å². The van der Waals surface area contributed by atoms with Gasteiger partial charge in [-0.3, -0.25) is 10.2 Å². The van der Waals surface area contributed by atoms with E-state index in [0.29, 0.717) is 46.7 Å². The van der Waals surface area contributed by atoms with Crippen molar-refractivity contribution < 1.29 is 42.1 Å². The number of aromatic nitrogens is 2. The monoisotopic (exact) mass is 833 g/mol. The number of nitrogens with one attached hydrogen (secondary N) is 1. The van der Waals surface area contributed by atoms with Crippen molar-refractivity contribution >= 4 is 55.3 Å². The third kappa shape index (κ3) is 7.95. The van der Waals surface area contributed by atoms with Crippen molar-refractivity contribution in [1.82, 2.24) is 19.8 Å². The van der Waals surface area contributed by atoms with Gasteiger partial charge in [0, 0.05) is 73.1 Å². The lowest BCUT2D eigenvalue weighted by molar-refractivity contribution is 0.0209. The van der Waals surface area contributed by atoms with Crippen LogP contribution in [-0.2, 0) is 32.2 Å². The second-order valence-corrected chi connectivity index (χ2v) is 18.6. The first kappa shape index (κ1) is 40.9. The molecule has 0 radical (unpaired) electrons. The standard InChI is InChI=1S/C42H49F2N7O7S/c1-41(2,3)57-39(52)48-37-25(16-45)30-29(59-37)11-10-28(43)33(30)31-26-20-55-21-27(26)32-35(34(31)44)46-38(56-15-14-49-13-12-24(19-49)54-7)47-36(32)51-22-8-9-23(51)18-50(17-22)40(53)58-42(4,5)6/h10-11,22-24H,8-9,12-15,17-21H2,1-7H3,(H,48,52)/t22?,23?,24-/m0/s1. The van der Waals surface area contributed by atoms with Crippen LogP contribution in [0.15, 0.2) is 12.1 Å². The number of ether oxygens (including phenoxy) is 5. The number of nitrogens with zero attached hydrogens (tertiary/aromatic N) is 6. The molecular formula is C42H49F2N7O7S. The van der Waals surface area contributed by atoms with Crippen LogP contribution in [0.4, 0.5) is 29.2 Å². The molecule has 4 aromatic rings. The van der Waals surface area contributed by atoms with Crippen LogP contribution < -0.4 is 15.0 Å². The highest BCUT2D eigenvalue weighted by Crippen LogP contribution is 2.49. The lowest BCUT2D eigenvalue weighted by Gasteiger charge is -2.42. The molecule has 0 saturated carbocycles. The summed E-state index contributed by atoms with van der Waals surface area (Å²) < 4.78 is 63.7. The van der Waals surface area contributed by atoms with Gasteiger partial charge < -0.3 is 33.5 Å². The first-order valence-corrected chi connectivity index (χ1v) is 20.8. The summed E-state index contributed by atoms with van der Waals surface area (Å²) in [5.41, 5.74) is -0.765. The minimum absolute atomic E-state index is 0.0259. The van der Waals surface area contributed by atoms with Crippen LogP contribution in [0.2, 0.25) is 0 Å². The Morgan fingerprint density at radius 3 is 2.34 bits per heavy atom. The number of anilines is 2. The zero-order valence-corrected chi connectivity index (χ0v) is 35.2. The van der Waals surface area contributed by atoms with Crippen LogP contribution in [-0.4, -0.2) is 108 Å². The molecule has 2 amide bonds. The van der Waals surface area contributed by atoms with Crippen molar-refractivity contribution in [2.75, 3.05) is 56.7 Å². The number of nitriles is 1. The van der Waals surface area contributed by atoms with Gasteiger partial charge in [-0.05, 0) is 84.1 Å². The Labute approximate surface area is 345 Å². The normalized spacial score (nSPS) is 20.6. The van der Waals surface area contributed by atoms with Crippen molar-refractivity contribution in [1.29, 1.82) is 5.26 Å². The van der Waals surface area contributed by atoms with Gasteiger partial charge in [0.05, 0.1) is 30.3 Å². The first-order chi connectivity index (χ1) is 28.0. The van der Waals surface area contributed by atoms with Gasteiger partial charge in [0.25, 0.3) is 0 Å². The Morgan fingerprint density at radius 1 is 0.966 bits per heavy atom. The summed E-state index contributed by atoms with van der Waals surface area (Å²) >= 11 is 1.06. The molecular weight excluding hydrogens is 785 g/mol. The number of methoxy groups -OCH3 is 1. The topological polar surface area (TPSA) is 152 Å². The second-order valence-electron chi connectivity index (χ2n) is 17.5. The number of hydrogen-bond donors (Lipinski definition) is 1. The maximum atomic E-state index is 17.8. The van der Waals surface area contributed by atoms with E-state index in [2.05, 4.69) is 21.2 Å². The fourth-order valence-electron chi connectivity index (χ4n) is 8.69. The molecule has 3 atom stereocenters. The van der Waals surface area contributed by atoms with Gasteiger partial charge >= 0.3 is 18.2 Å². The molecule has 4 aliphatic rings. The molecule has 8 rings (SSSR count). The maximum absolute atomic E-state index is 17.8. The average molecular weight is 834 g/mol. The van der Waals surface area contributed by atoms with E-state index in [1.165, 1.54) is 12.1 Å². The first-order valence-electron chi connectivity index (χ1n) is 20.0. The van der Waals surface area contributed by atoms with Gasteiger partial charge in [0.15, 0.2) is 5.82 Å². The van der Waals surface area contributed by atoms with E-state index >= 15 is 8.78 Å². The van der Waals surface area contributed by atoms with Gasteiger partial charge in [-0.1, -0.05) is 0 Å². The summed E-state index contributed by atoms with van der Waals surface area (Å²) in [5, 5.41) is 13.8. The third-order valence-corrected chi connectivity index (χ3v) is 12.2. The fourth-order valence-corrected chi connectivity index (χ4v) is 9.73. The van der Waals surface area contributed by atoms with Crippen molar-refractivity contribution in [3.63, 3.8) is 0 Å². The molecule has 2 aromatic heterocycles. The van der Waals surface area contributed by atoms with E-state index in [1.807, 2.05) is 20.8 Å². The van der Waals surface area contributed by atoms with Gasteiger partial charge in [-0.15, -0.1) is 11.3 Å². The molecule has 3 saturated heterocycles. The molecule has 2 aromatic carbocycles. The van der Waals surface area contributed by atoms with Crippen molar-refractivity contribution in [2.45, 2.75) is 103 Å². The number of piperazine rings is 1. The van der Waals surface area contributed by atoms with Crippen molar-refractivity contribution in [2.24, 2.45) is 0 Å². The lowest BCUT2D eigenvalue weighted by atomic mass is 9.90. The highest BCUT2D eigenvalue weighted by molar-refractivity contribution is 7.23. The number of rotatable bonds is 8. The average Bonchev–Trinajstić information content (AvgIpc) is 3.95. The van der Waals surface area contributed by atoms with E-state index in [-0.39, 0.29) is 82.7 Å². The minimum atomic E-state index is -0.817. The highest BCUT2D eigenvalue weighted by Gasteiger charge is 2.45. The molecule has 17 heteroatoms. The predicted molar refractivity (Wildman–Crippen MR) is 218 cm³/mol. The molecule has 0 spiro atoms. The molecule has 6 heterocycles. The number of hydrogen-bond acceptors (Lipinski definition) is 13. The van der Waals surface area contributed by atoms with Crippen molar-refractivity contribution in [3.8, 4) is 23.2 Å². The number of carbonyl (C=O) groups is 2. The predicted octanol–water partition coefficient (Wildman–Crippen LogP) is 7.73. The Morgan fingerprint density at radius 2 is 1.68 bits per heavy atom. The SMILES string of the molecule is CO[C@H]1CCN(CCOc2nc(N3C4CCC3CN(C(=O)OC(C)(C)C)C4)c3c4c(c(-c5c(F)ccc6sc(NC(=O)OC(C)(C)C)c(C#N)c56)c(F)c3n2)COC4)C1. The summed E-state index contributed by atoms with van der Waals surface area (Å²) in [7, 11) is 1.70. The third-order valence-electron chi connectivity index (χ3n) is 11.1. The number of fused-ring (bicyclic) bond motifs is 6. The van der Waals surface area contributed by atoms with Crippen LogP contribution in [0.3, 0.4) is 0 Å². The molecule has 0 aliphatic carbocycles. The molecule has 59 heavy (non-hydrogen) atoms. The Bertz CT molecular complexity index is 2360. The summed E-state index contributed by atoms with van der Waals surface area (Å²) in [6, 6.07) is 4.50. The lowest BCUT2D eigenvalue weighted by Crippen LogP contribution is -2.56. The maximum Gasteiger partial charge on any atom is 0.412 e. The number of amides is 2. The summed E-state index contributed by atoms with van der Waals surface area (Å²) in [4.78, 5) is 41.9. The van der Waals surface area contributed by atoms with E-state index < -0.39 is 28.9 Å². The summed E-state index contributed by atoms with van der Waals surface area (Å²) in [5.74, 6) is -1.11. The Kier molecular flexibility index (Phi) is 10.8. The minimum Gasteiger partial charge on any atom is -0.462 e. The quantitative estimate of drug-likeness (QED) is 0.185. The zero-order chi connectivity index (χ0) is 42.0.